The first-order chi connectivity index (χ1) is 5.58. The Bertz CT molecular complexity index is 169. The summed E-state index contributed by atoms with van der Waals surface area (Å²) in [5, 5.41) is -9.32. The summed E-state index contributed by atoms with van der Waals surface area (Å²) in [6, 6.07) is 0. The Morgan fingerprint density at radius 1 is 1.00 bits per heavy atom. The van der Waals surface area contributed by atoms with Crippen molar-refractivity contribution >= 4 is 23.2 Å². The molecule has 13 heavy (non-hydrogen) atoms. The zero-order valence-corrected chi connectivity index (χ0v) is 7.10. The summed E-state index contributed by atoms with van der Waals surface area (Å²) in [5.74, 6) is 0. The second kappa shape index (κ2) is 4.10. The van der Waals surface area contributed by atoms with E-state index >= 15 is 0 Å². The van der Waals surface area contributed by atoms with Crippen LogP contribution in [0.1, 0.15) is 0 Å². The van der Waals surface area contributed by atoms with Gasteiger partial charge >= 0.3 is 10.7 Å². The Labute approximate surface area is 78.5 Å². The molecule has 0 aliphatic rings. The van der Waals surface area contributed by atoms with Crippen molar-refractivity contribution < 1.29 is 31.1 Å². The van der Waals surface area contributed by atoms with Gasteiger partial charge in [0.25, 0.3) is 12.8 Å². The Kier molecular flexibility index (Phi) is 4.14. The summed E-state index contributed by atoms with van der Waals surface area (Å²) in [5.41, 5.74) is 0. The second-order valence-corrected chi connectivity index (χ2v) is 2.78. The van der Waals surface area contributed by atoms with Gasteiger partial charge in [-0.3, -0.25) is 4.74 Å². The Morgan fingerprint density at radius 2 is 1.38 bits per heavy atom. The van der Waals surface area contributed by atoms with Crippen molar-refractivity contribution in [3.05, 3.63) is 0 Å². The number of hydrogen-bond donors (Lipinski definition) is 0. The lowest BCUT2D eigenvalue weighted by atomic mass is 10.6. The number of halogens is 8. The molecule has 0 aromatic rings. The van der Waals surface area contributed by atoms with Crippen LogP contribution in [-0.2, 0) is 4.74 Å². The lowest BCUT2D eigenvalue weighted by Crippen LogP contribution is -2.41. The lowest BCUT2D eigenvalue weighted by Gasteiger charge is -2.23. The minimum absolute atomic E-state index is 2.86. The van der Waals surface area contributed by atoms with Crippen LogP contribution >= 0.6 is 23.2 Å². The standard InChI is InChI=1S/C4H2Cl2F6O/c5-3(10,11)4(6,12)13-2(9)1(7)8/h1-2H. The monoisotopic (exact) mass is 250 g/mol. The molecule has 0 saturated heterocycles. The maximum Gasteiger partial charge on any atom is 0.394 e. The van der Waals surface area contributed by atoms with E-state index in [-0.39, 0.29) is 0 Å². The summed E-state index contributed by atoms with van der Waals surface area (Å²) in [4.78, 5) is 0. The molecule has 1 nitrogen and oxygen atoms in total. The summed E-state index contributed by atoms with van der Waals surface area (Å²) in [6.07, 6.45) is -7.37. The quantitative estimate of drug-likeness (QED) is 0.550. The van der Waals surface area contributed by atoms with Gasteiger partial charge < -0.3 is 0 Å². The highest BCUT2D eigenvalue weighted by Crippen LogP contribution is 2.41. The molecule has 0 aliphatic heterocycles. The molecule has 0 rings (SSSR count). The maximum atomic E-state index is 12.3. The predicted octanol–water partition coefficient (Wildman–Crippen LogP) is 3.26. The molecular formula is C4H2Cl2F6O. The fourth-order valence-electron chi connectivity index (χ4n) is 0.260. The first kappa shape index (κ1) is 13.1. The summed E-state index contributed by atoms with van der Waals surface area (Å²) in [6.45, 7) is 0. The van der Waals surface area contributed by atoms with Crippen molar-refractivity contribution in [3.63, 3.8) is 0 Å². The van der Waals surface area contributed by atoms with Gasteiger partial charge in [0.05, 0.1) is 0 Å². The van der Waals surface area contributed by atoms with Gasteiger partial charge in [-0.15, -0.1) is 0 Å². The molecule has 0 aliphatic carbocycles. The van der Waals surface area contributed by atoms with Gasteiger partial charge in [-0.05, 0) is 23.2 Å². The van der Waals surface area contributed by atoms with Gasteiger partial charge in [0.1, 0.15) is 0 Å². The van der Waals surface area contributed by atoms with Crippen LogP contribution in [0.3, 0.4) is 0 Å². The fraction of sp³-hybridized carbons (Fsp3) is 1.00. The minimum atomic E-state index is -4.81. The first-order valence-corrected chi connectivity index (χ1v) is 3.38. The molecule has 80 valence electrons. The van der Waals surface area contributed by atoms with Crippen molar-refractivity contribution in [2.75, 3.05) is 0 Å². The number of alkyl halides is 8. The molecule has 0 fully saturated rings. The van der Waals surface area contributed by atoms with Crippen LogP contribution in [-0.4, -0.2) is 23.5 Å². The van der Waals surface area contributed by atoms with Gasteiger partial charge in [-0.2, -0.15) is 13.2 Å². The molecule has 0 heterocycles. The van der Waals surface area contributed by atoms with Crippen LogP contribution in [0.2, 0.25) is 0 Å². The molecule has 0 N–H and O–H groups in total. The highest BCUT2D eigenvalue weighted by Gasteiger charge is 2.56. The zero-order chi connectivity index (χ0) is 10.9. The molecule has 9 heteroatoms. The van der Waals surface area contributed by atoms with E-state index in [9.17, 15) is 26.3 Å². The fourth-order valence-corrected chi connectivity index (χ4v) is 0.389. The van der Waals surface area contributed by atoms with Crippen LogP contribution in [0.5, 0.6) is 0 Å². The number of ether oxygens (including phenoxy) is 1. The smallest absolute Gasteiger partial charge is 0.287 e. The van der Waals surface area contributed by atoms with Gasteiger partial charge in [0.15, 0.2) is 0 Å². The highest BCUT2D eigenvalue weighted by atomic mass is 35.5. The van der Waals surface area contributed by atoms with Crippen molar-refractivity contribution in [3.8, 4) is 0 Å². The number of rotatable bonds is 4. The van der Waals surface area contributed by atoms with Crippen molar-refractivity contribution in [2.45, 2.75) is 23.5 Å². The minimum Gasteiger partial charge on any atom is -0.287 e. The molecule has 0 amide bonds. The third-order valence-corrected chi connectivity index (χ3v) is 1.45. The SMILES string of the molecule is FC(F)C(F)OC(F)(Cl)C(F)(F)Cl. The Balaban J connectivity index is 4.34. The average Bonchev–Trinajstić information content (AvgIpc) is 1.83. The molecule has 0 bridgehead atoms. The normalized spacial score (nSPS) is 20.1. The second-order valence-electron chi connectivity index (χ2n) is 1.82. The van der Waals surface area contributed by atoms with Gasteiger partial charge in [0.2, 0.25) is 0 Å². The van der Waals surface area contributed by atoms with Crippen LogP contribution in [0.4, 0.5) is 26.3 Å². The summed E-state index contributed by atoms with van der Waals surface area (Å²) >= 11 is 8.20. The molecule has 2 unspecified atom stereocenters. The molecule has 0 saturated carbocycles. The van der Waals surface area contributed by atoms with E-state index in [0.717, 1.165) is 0 Å². The third-order valence-electron chi connectivity index (χ3n) is 0.789. The summed E-state index contributed by atoms with van der Waals surface area (Å²) < 4.78 is 73.4. The van der Waals surface area contributed by atoms with Crippen LogP contribution in [0.25, 0.3) is 0 Å². The Hall–Kier alpha value is 0.120. The van der Waals surface area contributed by atoms with Gasteiger partial charge in [-0.1, -0.05) is 0 Å². The largest absolute Gasteiger partial charge is 0.394 e. The molecule has 0 aromatic carbocycles. The summed E-state index contributed by atoms with van der Waals surface area (Å²) in [7, 11) is 0. The lowest BCUT2D eigenvalue weighted by molar-refractivity contribution is -0.262. The Morgan fingerprint density at radius 3 is 1.62 bits per heavy atom. The van der Waals surface area contributed by atoms with E-state index in [1.54, 1.807) is 0 Å². The molecule has 0 aromatic heterocycles. The van der Waals surface area contributed by atoms with Gasteiger partial charge in [0, 0.05) is 0 Å². The highest BCUT2D eigenvalue weighted by molar-refractivity contribution is 6.31. The van der Waals surface area contributed by atoms with Crippen LogP contribution in [0.15, 0.2) is 0 Å². The van der Waals surface area contributed by atoms with Crippen LogP contribution in [0, 0.1) is 0 Å². The number of hydrogen-bond acceptors (Lipinski definition) is 1. The van der Waals surface area contributed by atoms with E-state index in [4.69, 9.17) is 0 Å². The van der Waals surface area contributed by atoms with Crippen molar-refractivity contribution in [1.82, 2.24) is 0 Å². The molecule has 0 radical (unpaired) electrons. The maximum absolute atomic E-state index is 12.3. The van der Waals surface area contributed by atoms with E-state index in [0.29, 0.717) is 0 Å². The van der Waals surface area contributed by atoms with Crippen LogP contribution < -0.4 is 0 Å². The van der Waals surface area contributed by atoms with E-state index in [2.05, 4.69) is 27.9 Å². The van der Waals surface area contributed by atoms with Crippen molar-refractivity contribution in [1.29, 1.82) is 0 Å². The average molecular weight is 251 g/mol. The van der Waals surface area contributed by atoms with Gasteiger partial charge in [-0.25, -0.2) is 13.2 Å². The van der Waals surface area contributed by atoms with E-state index < -0.39 is 23.5 Å². The van der Waals surface area contributed by atoms with E-state index in [1.807, 2.05) is 0 Å². The zero-order valence-electron chi connectivity index (χ0n) is 5.59. The molecule has 0 spiro atoms. The van der Waals surface area contributed by atoms with Crippen molar-refractivity contribution in [2.24, 2.45) is 0 Å². The molecular weight excluding hydrogens is 249 g/mol. The topological polar surface area (TPSA) is 9.23 Å². The third kappa shape index (κ3) is 3.78. The molecule has 2 atom stereocenters. The van der Waals surface area contributed by atoms with E-state index in [1.165, 1.54) is 0 Å². The predicted molar refractivity (Wildman–Crippen MR) is 32.5 cm³/mol. The first-order valence-electron chi connectivity index (χ1n) is 2.62.